The van der Waals surface area contributed by atoms with E-state index in [1.165, 1.54) is 0 Å². The van der Waals surface area contributed by atoms with Crippen molar-refractivity contribution < 1.29 is 14.3 Å². The largest absolute Gasteiger partial charge is 0.353 e. The molecular weight excluding hydrogens is 220 g/mol. The predicted octanol–water partition coefficient (Wildman–Crippen LogP) is 2.18. The lowest BCUT2D eigenvalue weighted by Crippen LogP contribution is -2.16. The van der Waals surface area contributed by atoms with Gasteiger partial charge >= 0.3 is 0 Å². The molecule has 0 unspecified atom stereocenters. The molecule has 0 aromatic heterocycles. The summed E-state index contributed by atoms with van der Waals surface area (Å²) in [7, 11) is 0. The summed E-state index contributed by atoms with van der Waals surface area (Å²) in [5, 5.41) is 16.1. The van der Waals surface area contributed by atoms with Crippen molar-refractivity contribution >= 4 is 6.29 Å². The highest BCUT2D eigenvalue weighted by Gasteiger charge is 2.05. The average Bonchev–Trinajstić information content (AvgIpc) is 2.35. The maximum Gasteiger partial charge on any atom is 0.158 e. The van der Waals surface area contributed by atoms with Gasteiger partial charge in [0, 0.05) is 38.9 Å². The molecule has 5 heteroatoms. The molecule has 0 atom stereocenters. The third-order valence-corrected chi connectivity index (χ3v) is 1.57. The Labute approximate surface area is 103 Å². The summed E-state index contributed by atoms with van der Waals surface area (Å²) < 4.78 is 10.4. The maximum absolute atomic E-state index is 9.41. The van der Waals surface area contributed by atoms with Gasteiger partial charge < -0.3 is 14.3 Å². The van der Waals surface area contributed by atoms with E-state index < -0.39 is 0 Å². The van der Waals surface area contributed by atoms with Crippen molar-refractivity contribution in [1.82, 2.24) is 0 Å². The van der Waals surface area contributed by atoms with E-state index >= 15 is 0 Å². The van der Waals surface area contributed by atoms with Gasteiger partial charge in [0.15, 0.2) is 6.29 Å². The molecule has 0 heterocycles. The Morgan fingerprint density at radius 2 is 1.65 bits per heavy atom. The molecule has 0 fully saturated rings. The summed E-state index contributed by atoms with van der Waals surface area (Å²) in [5.74, 6) is 0. The van der Waals surface area contributed by atoms with E-state index in [9.17, 15) is 4.79 Å². The quantitative estimate of drug-likeness (QED) is 0.369. The lowest BCUT2D eigenvalue weighted by Gasteiger charge is -2.14. The number of carbonyl (C=O) groups excluding carboxylic acids is 1. The highest BCUT2D eigenvalue weighted by Crippen LogP contribution is 2.03. The van der Waals surface area contributed by atoms with Gasteiger partial charge in [-0.3, -0.25) is 0 Å². The van der Waals surface area contributed by atoms with Crippen molar-refractivity contribution in [2.75, 3.05) is 13.2 Å². The van der Waals surface area contributed by atoms with Crippen LogP contribution in [0.2, 0.25) is 0 Å². The van der Waals surface area contributed by atoms with Crippen LogP contribution in [-0.4, -0.2) is 25.8 Å². The van der Waals surface area contributed by atoms with Gasteiger partial charge in [-0.15, -0.1) is 0 Å². The van der Waals surface area contributed by atoms with E-state index in [1.54, 1.807) is 0 Å². The van der Waals surface area contributed by atoms with Crippen LogP contribution in [0.4, 0.5) is 0 Å². The lowest BCUT2D eigenvalue weighted by molar-refractivity contribution is -0.138. The zero-order valence-corrected chi connectivity index (χ0v) is 10.5. The summed E-state index contributed by atoms with van der Waals surface area (Å²) in [6.07, 6.45) is 2.43. The molecule has 0 aromatic rings. The molecule has 0 radical (unpaired) electrons. The molecule has 0 N–H and O–H groups in total. The van der Waals surface area contributed by atoms with Gasteiger partial charge in [0.2, 0.25) is 0 Å². The highest BCUT2D eigenvalue weighted by molar-refractivity contribution is 5.49. The van der Waals surface area contributed by atoms with Gasteiger partial charge in [-0.2, -0.15) is 10.5 Å². The van der Waals surface area contributed by atoms with E-state index in [0.717, 1.165) is 6.29 Å². The topological polar surface area (TPSA) is 83.1 Å². The SMILES string of the molecule is CCOC(CCC#N)OCC.N#CCCC=O. The number of hydrogen-bond acceptors (Lipinski definition) is 5. The Morgan fingerprint density at radius 1 is 1.12 bits per heavy atom. The van der Waals surface area contributed by atoms with Gasteiger partial charge in [-0.05, 0) is 13.8 Å². The fraction of sp³-hybridized carbons (Fsp3) is 0.750. The summed E-state index contributed by atoms with van der Waals surface area (Å²) >= 11 is 0. The first kappa shape index (κ1) is 17.9. The summed E-state index contributed by atoms with van der Waals surface area (Å²) in [6.45, 7) is 5.10. The molecule has 5 nitrogen and oxygen atoms in total. The molecule has 0 amide bonds. The minimum absolute atomic E-state index is 0.190. The molecular formula is C12H20N2O3. The number of nitriles is 2. The average molecular weight is 240 g/mol. The molecule has 0 saturated carbocycles. The van der Waals surface area contributed by atoms with E-state index in [1.807, 2.05) is 19.9 Å². The number of carbonyl (C=O) groups is 1. The minimum atomic E-state index is -0.190. The van der Waals surface area contributed by atoms with Crippen LogP contribution in [0.15, 0.2) is 0 Å². The van der Waals surface area contributed by atoms with Crippen molar-refractivity contribution in [3.05, 3.63) is 0 Å². The Bertz CT molecular complexity index is 237. The van der Waals surface area contributed by atoms with Crippen molar-refractivity contribution in [2.24, 2.45) is 0 Å². The molecule has 96 valence electrons. The van der Waals surface area contributed by atoms with E-state index in [4.69, 9.17) is 20.0 Å². The summed E-state index contributed by atoms with van der Waals surface area (Å²) in [4.78, 5) is 9.41. The fourth-order valence-corrected chi connectivity index (χ4v) is 0.892. The van der Waals surface area contributed by atoms with E-state index in [-0.39, 0.29) is 6.29 Å². The van der Waals surface area contributed by atoms with Gasteiger partial charge in [0.05, 0.1) is 12.1 Å². The van der Waals surface area contributed by atoms with Gasteiger partial charge in [0.25, 0.3) is 0 Å². The number of rotatable bonds is 8. The van der Waals surface area contributed by atoms with Crippen molar-refractivity contribution in [3.63, 3.8) is 0 Å². The summed E-state index contributed by atoms with van der Waals surface area (Å²) in [6, 6.07) is 3.89. The first-order valence-electron chi connectivity index (χ1n) is 5.67. The second-order valence-electron chi connectivity index (χ2n) is 2.90. The Morgan fingerprint density at radius 3 is 1.94 bits per heavy atom. The Hall–Kier alpha value is -1.43. The molecule has 0 rings (SSSR count). The van der Waals surface area contributed by atoms with Crippen molar-refractivity contribution in [3.8, 4) is 12.1 Å². The fourth-order valence-electron chi connectivity index (χ4n) is 0.892. The second-order valence-corrected chi connectivity index (χ2v) is 2.90. The molecule has 0 bridgehead atoms. The minimum Gasteiger partial charge on any atom is -0.353 e. The van der Waals surface area contributed by atoms with Gasteiger partial charge in [-0.1, -0.05) is 0 Å². The van der Waals surface area contributed by atoms with Crippen LogP contribution in [0.3, 0.4) is 0 Å². The van der Waals surface area contributed by atoms with Crippen LogP contribution in [0.25, 0.3) is 0 Å². The first-order valence-corrected chi connectivity index (χ1v) is 5.67. The van der Waals surface area contributed by atoms with Crippen LogP contribution in [-0.2, 0) is 14.3 Å². The van der Waals surface area contributed by atoms with Crippen LogP contribution in [0.1, 0.15) is 39.5 Å². The Kier molecular flexibility index (Phi) is 17.9. The number of hydrogen-bond donors (Lipinski definition) is 0. The smallest absolute Gasteiger partial charge is 0.158 e. The molecule has 17 heavy (non-hydrogen) atoms. The lowest BCUT2D eigenvalue weighted by atomic mass is 10.3. The van der Waals surface area contributed by atoms with Gasteiger partial charge in [-0.25, -0.2) is 0 Å². The third kappa shape index (κ3) is 17.2. The van der Waals surface area contributed by atoms with Gasteiger partial charge in [0.1, 0.15) is 6.29 Å². The molecule has 0 aliphatic heterocycles. The number of ether oxygens (including phenoxy) is 2. The summed E-state index contributed by atoms with van der Waals surface area (Å²) in [5.41, 5.74) is 0. The first-order chi connectivity index (χ1) is 8.26. The normalized spacial score (nSPS) is 8.76. The zero-order valence-electron chi connectivity index (χ0n) is 10.5. The second kappa shape index (κ2) is 17.0. The standard InChI is InChI=1S/C8H15NO2.C4H5NO/c1-3-10-8(11-4-2)6-5-7-9;5-3-1-2-4-6/h8H,3-6H2,1-2H3;4H,1-2H2. The molecule has 0 aliphatic rings. The molecule has 0 saturated heterocycles. The van der Waals surface area contributed by atoms with Crippen LogP contribution >= 0.6 is 0 Å². The van der Waals surface area contributed by atoms with E-state index in [2.05, 4.69) is 6.07 Å². The molecule has 0 aliphatic carbocycles. The number of aldehydes is 1. The highest BCUT2D eigenvalue weighted by atomic mass is 16.7. The van der Waals surface area contributed by atoms with Crippen LogP contribution in [0, 0.1) is 22.7 Å². The van der Waals surface area contributed by atoms with E-state index in [0.29, 0.717) is 38.9 Å². The molecule has 0 spiro atoms. The van der Waals surface area contributed by atoms with Crippen LogP contribution in [0.5, 0.6) is 0 Å². The Balaban J connectivity index is 0. The van der Waals surface area contributed by atoms with Crippen LogP contribution < -0.4 is 0 Å². The van der Waals surface area contributed by atoms with Crippen molar-refractivity contribution in [2.45, 2.75) is 45.8 Å². The predicted molar refractivity (Wildman–Crippen MR) is 62.8 cm³/mol. The van der Waals surface area contributed by atoms with Crippen molar-refractivity contribution in [1.29, 1.82) is 10.5 Å². The monoisotopic (exact) mass is 240 g/mol. The number of nitrogens with zero attached hydrogens (tertiary/aromatic N) is 2. The zero-order chi connectivity index (χ0) is 13.4. The number of unbranched alkanes of at least 4 members (excludes halogenated alkanes) is 1. The maximum atomic E-state index is 9.41. The third-order valence-electron chi connectivity index (χ3n) is 1.57. The molecule has 0 aromatic carbocycles.